The number of furan rings is 1. The molecular formula is C5H2ClFO2. The van der Waals surface area contributed by atoms with Gasteiger partial charge < -0.3 is 4.42 Å². The van der Waals surface area contributed by atoms with Crippen LogP contribution in [0.25, 0.3) is 0 Å². The van der Waals surface area contributed by atoms with Crippen LogP contribution in [0, 0.1) is 6.01 Å². The van der Waals surface area contributed by atoms with E-state index in [0.717, 1.165) is 6.07 Å². The van der Waals surface area contributed by atoms with Gasteiger partial charge in [0.1, 0.15) is 0 Å². The van der Waals surface area contributed by atoms with Gasteiger partial charge in [0, 0.05) is 6.07 Å². The Morgan fingerprint density at radius 2 is 2.33 bits per heavy atom. The van der Waals surface area contributed by atoms with Crippen molar-refractivity contribution in [3.8, 4) is 0 Å². The third kappa shape index (κ3) is 1.29. The normalized spacial score (nSPS) is 9.56. The summed E-state index contributed by atoms with van der Waals surface area (Å²) in [5.41, 5.74) is 0. The Kier molecular flexibility index (Phi) is 1.53. The highest BCUT2D eigenvalue weighted by atomic mass is 35.5. The molecule has 0 radical (unpaired) electrons. The molecule has 48 valence electrons. The quantitative estimate of drug-likeness (QED) is 0.569. The lowest BCUT2D eigenvalue weighted by molar-refractivity contribution is 0.104. The molecule has 0 bridgehead atoms. The van der Waals surface area contributed by atoms with Gasteiger partial charge in [-0.1, -0.05) is 0 Å². The molecule has 0 fully saturated rings. The molecule has 0 unspecified atom stereocenters. The Labute approximate surface area is 55.2 Å². The first-order valence-corrected chi connectivity index (χ1v) is 2.53. The van der Waals surface area contributed by atoms with E-state index in [-0.39, 0.29) is 5.76 Å². The van der Waals surface area contributed by atoms with Gasteiger partial charge in [-0.25, -0.2) is 0 Å². The summed E-state index contributed by atoms with van der Waals surface area (Å²) >= 11 is 4.92. The van der Waals surface area contributed by atoms with Crippen LogP contribution in [0.1, 0.15) is 10.6 Å². The van der Waals surface area contributed by atoms with Crippen LogP contribution in [0.5, 0.6) is 0 Å². The number of halogens is 2. The summed E-state index contributed by atoms with van der Waals surface area (Å²) < 4.78 is 16.1. The summed E-state index contributed by atoms with van der Waals surface area (Å²) in [5, 5.41) is -0.793. The van der Waals surface area contributed by atoms with Gasteiger partial charge in [0.05, 0.1) is 0 Å². The molecule has 0 aliphatic rings. The molecule has 9 heavy (non-hydrogen) atoms. The zero-order valence-corrected chi connectivity index (χ0v) is 4.98. The minimum Gasteiger partial charge on any atom is -0.426 e. The van der Waals surface area contributed by atoms with Crippen LogP contribution >= 0.6 is 11.6 Å². The molecule has 0 atom stereocenters. The molecular weight excluding hydrogens is 147 g/mol. The van der Waals surface area contributed by atoms with Crippen molar-refractivity contribution in [3.05, 3.63) is 23.9 Å². The molecule has 2 nitrogen and oxygen atoms in total. The minimum absolute atomic E-state index is 0.172. The summed E-state index contributed by atoms with van der Waals surface area (Å²) in [6.07, 6.45) is 0. The fourth-order valence-electron chi connectivity index (χ4n) is 0.420. The Morgan fingerprint density at radius 1 is 1.67 bits per heavy atom. The van der Waals surface area contributed by atoms with Gasteiger partial charge in [-0.05, 0) is 17.7 Å². The van der Waals surface area contributed by atoms with Crippen molar-refractivity contribution in [2.24, 2.45) is 0 Å². The van der Waals surface area contributed by atoms with E-state index in [1.54, 1.807) is 0 Å². The summed E-state index contributed by atoms with van der Waals surface area (Å²) in [4.78, 5) is 10.2. The molecule has 0 saturated heterocycles. The molecule has 1 heterocycles. The van der Waals surface area contributed by atoms with E-state index in [1.165, 1.54) is 6.07 Å². The smallest absolute Gasteiger partial charge is 0.287 e. The van der Waals surface area contributed by atoms with Crippen molar-refractivity contribution in [1.29, 1.82) is 0 Å². The SMILES string of the molecule is O=C(Cl)c1ccc(F)o1. The monoisotopic (exact) mass is 148 g/mol. The van der Waals surface area contributed by atoms with Crippen LogP contribution in [0.15, 0.2) is 16.5 Å². The number of carbonyl (C=O) groups is 1. The first-order valence-electron chi connectivity index (χ1n) is 2.15. The summed E-state index contributed by atoms with van der Waals surface area (Å²) in [6, 6.07) is 1.39. The molecule has 0 saturated carbocycles. The van der Waals surface area contributed by atoms with Gasteiger partial charge in [0.2, 0.25) is 0 Å². The van der Waals surface area contributed by atoms with E-state index >= 15 is 0 Å². The summed E-state index contributed by atoms with van der Waals surface area (Å²) in [5.74, 6) is -0.172. The first kappa shape index (κ1) is 6.29. The highest BCUT2D eigenvalue weighted by molar-refractivity contribution is 6.67. The van der Waals surface area contributed by atoms with Crippen molar-refractivity contribution in [3.63, 3.8) is 0 Å². The maximum atomic E-state index is 11.9. The van der Waals surface area contributed by atoms with E-state index in [1.807, 2.05) is 0 Å². The zero-order valence-electron chi connectivity index (χ0n) is 4.23. The van der Waals surface area contributed by atoms with Crippen molar-refractivity contribution in [2.45, 2.75) is 0 Å². The standard InChI is InChI=1S/C5H2ClFO2/c6-5(8)3-1-2-4(7)9-3/h1-2H. The van der Waals surface area contributed by atoms with Crippen LogP contribution in [0.3, 0.4) is 0 Å². The molecule has 1 aromatic rings. The molecule has 1 aromatic heterocycles. The van der Waals surface area contributed by atoms with Crippen molar-refractivity contribution in [2.75, 3.05) is 0 Å². The fraction of sp³-hybridized carbons (Fsp3) is 0. The maximum Gasteiger partial charge on any atom is 0.287 e. The highest BCUT2D eigenvalue weighted by Gasteiger charge is 2.06. The van der Waals surface area contributed by atoms with Crippen LogP contribution in [-0.2, 0) is 0 Å². The predicted octanol–water partition coefficient (Wildman–Crippen LogP) is 1.80. The van der Waals surface area contributed by atoms with E-state index in [2.05, 4.69) is 4.42 Å². The van der Waals surface area contributed by atoms with Crippen LogP contribution in [0.4, 0.5) is 4.39 Å². The average molecular weight is 149 g/mol. The third-order valence-corrected chi connectivity index (χ3v) is 0.953. The van der Waals surface area contributed by atoms with Crippen molar-refractivity contribution in [1.82, 2.24) is 0 Å². The van der Waals surface area contributed by atoms with Crippen molar-refractivity contribution >= 4 is 16.8 Å². The first-order chi connectivity index (χ1) is 4.20. The summed E-state index contributed by atoms with van der Waals surface area (Å²) in [7, 11) is 0. The molecule has 1 rings (SSSR count). The number of hydrogen-bond acceptors (Lipinski definition) is 2. The second kappa shape index (κ2) is 2.19. The lowest BCUT2D eigenvalue weighted by Gasteiger charge is -1.78. The number of carbonyl (C=O) groups excluding carboxylic acids is 1. The van der Waals surface area contributed by atoms with Gasteiger partial charge in [-0.2, -0.15) is 4.39 Å². The maximum absolute atomic E-state index is 11.9. The molecule has 0 aromatic carbocycles. The van der Waals surface area contributed by atoms with Crippen LogP contribution in [-0.4, -0.2) is 5.24 Å². The summed E-state index contributed by atoms with van der Waals surface area (Å²) in [6.45, 7) is 0. The lowest BCUT2D eigenvalue weighted by Crippen LogP contribution is -1.81. The fourth-order valence-corrected chi connectivity index (χ4v) is 0.521. The molecule has 0 amide bonds. The average Bonchev–Trinajstić information content (AvgIpc) is 2.14. The van der Waals surface area contributed by atoms with Gasteiger partial charge in [-0.3, -0.25) is 4.79 Å². The molecule has 4 heteroatoms. The van der Waals surface area contributed by atoms with E-state index in [4.69, 9.17) is 11.6 Å². The number of hydrogen-bond donors (Lipinski definition) is 0. The topological polar surface area (TPSA) is 30.2 Å². The third-order valence-electron chi connectivity index (χ3n) is 0.767. The molecule has 0 aliphatic heterocycles. The minimum atomic E-state index is -0.806. The Balaban J connectivity index is 2.98. The zero-order chi connectivity index (χ0) is 6.85. The predicted molar refractivity (Wildman–Crippen MR) is 28.8 cm³/mol. The Hall–Kier alpha value is -0.830. The second-order valence-corrected chi connectivity index (χ2v) is 1.72. The van der Waals surface area contributed by atoms with Gasteiger partial charge in [0.15, 0.2) is 5.76 Å². The van der Waals surface area contributed by atoms with E-state index in [0.29, 0.717) is 0 Å². The van der Waals surface area contributed by atoms with E-state index in [9.17, 15) is 9.18 Å². The number of rotatable bonds is 1. The Morgan fingerprint density at radius 3 is 2.56 bits per heavy atom. The molecule has 0 aliphatic carbocycles. The molecule has 0 spiro atoms. The van der Waals surface area contributed by atoms with Crippen LogP contribution < -0.4 is 0 Å². The van der Waals surface area contributed by atoms with Gasteiger partial charge in [0.25, 0.3) is 11.3 Å². The largest absolute Gasteiger partial charge is 0.426 e. The van der Waals surface area contributed by atoms with Crippen LogP contribution in [0.2, 0.25) is 0 Å². The van der Waals surface area contributed by atoms with E-state index < -0.39 is 11.3 Å². The van der Waals surface area contributed by atoms with Gasteiger partial charge >= 0.3 is 0 Å². The highest BCUT2D eigenvalue weighted by Crippen LogP contribution is 2.07. The lowest BCUT2D eigenvalue weighted by atomic mass is 10.5. The molecule has 0 N–H and O–H groups in total. The second-order valence-electron chi connectivity index (χ2n) is 1.38. The van der Waals surface area contributed by atoms with Crippen molar-refractivity contribution < 1.29 is 13.6 Å². The van der Waals surface area contributed by atoms with Gasteiger partial charge in [-0.15, -0.1) is 0 Å². The Bertz CT molecular complexity index is 231.